The van der Waals surface area contributed by atoms with Crippen LogP contribution in [0.2, 0.25) is 0 Å². The summed E-state index contributed by atoms with van der Waals surface area (Å²) in [6, 6.07) is 1.88. The number of halogens is 1. The van der Waals surface area contributed by atoms with Crippen molar-refractivity contribution in [2.75, 3.05) is 5.73 Å². The average molecular weight is 299 g/mol. The molecule has 2 N–H and O–H groups in total. The third kappa shape index (κ3) is 2.21. The number of hydrogen-bond donors (Lipinski definition) is 1. The fourth-order valence-corrected chi connectivity index (χ4v) is 1.97. The predicted molar refractivity (Wildman–Crippen MR) is 72.1 cm³/mol. The van der Waals surface area contributed by atoms with Crippen molar-refractivity contribution < 1.29 is 9.31 Å². The second kappa shape index (κ2) is 3.97. The van der Waals surface area contributed by atoms with Crippen molar-refractivity contribution in [3.63, 3.8) is 0 Å². The molecule has 1 aromatic rings. The van der Waals surface area contributed by atoms with Crippen LogP contribution in [0.5, 0.6) is 0 Å². The molecular weight excluding hydrogens is 283 g/mol. The summed E-state index contributed by atoms with van der Waals surface area (Å²) in [6.07, 6.45) is 1.66. The van der Waals surface area contributed by atoms with Crippen molar-refractivity contribution in [2.45, 2.75) is 38.9 Å². The molecule has 0 aromatic carbocycles. The van der Waals surface area contributed by atoms with Crippen LogP contribution in [0.1, 0.15) is 27.7 Å². The Bertz CT molecular complexity index is 435. The van der Waals surface area contributed by atoms with Gasteiger partial charge in [0.05, 0.1) is 11.2 Å². The highest BCUT2D eigenvalue weighted by molar-refractivity contribution is 9.10. The fourth-order valence-electron chi connectivity index (χ4n) is 1.62. The van der Waals surface area contributed by atoms with Crippen LogP contribution < -0.4 is 11.2 Å². The molecule has 0 bridgehead atoms. The number of nitrogen functional groups attached to an aromatic ring is 1. The zero-order valence-corrected chi connectivity index (χ0v) is 12.0. The lowest BCUT2D eigenvalue weighted by atomic mass is 9.79. The summed E-state index contributed by atoms with van der Waals surface area (Å²) in [6.45, 7) is 8.03. The van der Waals surface area contributed by atoms with Gasteiger partial charge in [-0.25, -0.2) is 4.98 Å². The van der Waals surface area contributed by atoms with Gasteiger partial charge in [-0.2, -0.15) is 0 Å². The molecule has 2 rings (SSSR count). The standard InChI is InChI=1S/C11H16BBrN2O2/c1-10(2)11(3,4)17-12(16-10)8-5-7(13)6-15-9(8)14/h5-6H,1-4H3,(H2,14,15). The van der Waals surface area contributed by atoms with E-state index < -0.39 is 7.12 Å². The quantitative estimate of drug-likeness (QED) is 0.802. The average Bonchev–Trinajstić information content (AvgIpc) is 2.40. The molecule has 1 fully saturated rings. The zero-order chi connectivity index (χ0) is 12.8. The van der Waals surface area contributed by atoms with E-state index in [-0.39, 0.29) is 11.2 Å². The summed E-state index contributed by atoms with van der Waals surface area (Å²) in [7, 11) is -0.468. The van der Waals surface area contributed by atoms with E-state index in [2.05, 4.69) is 20.9 Å². The van der Waals surface area contributed by atoms with Gasteiger partial charge in [0.1, 0.15) is 5.82 Å². The Kier molecular flexibility index (Phi) is 3.00. The van der Waals surface area contributed by atoms with Crippen LogP contribution in [0, 0.1) is 0 Å². The zero-order valence-electron chi connectivity index (χ0n) is 10.5. The minimum Gasteiger partial charge on any atom is -0.399 e. The van der Waals surface area contributed by atoms with E-state index in [1.165, 1.54) is 0 Å². The van der Waals surface area contributed by atoms with Gasteiger partial charge in [0.2, 0.25) is 0 Å². The largest absolute Gasteiger partial charge is 0.498 e. The summed E-state index contributed by atoms with van der Waals surface area (Å²) >= 11 is 3.37. The number of hydrogen-bond acceptors (Lipinski definition) is 4. The molecule has 1 aromatic heterocycles. The molecule has 92 valence electrons. The van der Waals surface area contributed by atoms with E-state index >= 15 is 0 Å². The van der Waals surface area contributed by atoms with Crippen molar-refractivity contribution in [3.05, 3.63) is 16.7 Å². The van der Waals surface area contributed by atoms with Gasteiger partial charge in [-0.3, -0.25) is 0 Å². The first-order chi connectivity index (χ1) is 7.73. The first kappa shape index (κ1) is 12.9. The highest BCUT2D eigenvalue weighted by Gasteiger charge is 2.52. The summed E-state index contributed by atoms with van der Waals surface area (Å²) in [5.74, 6) is 0.437. The third-order valence-corrected chi connectivity index (χ3v) is 3.86. The van der Waals surface area contributed by atoms with Gasteiger partial charge in [-0.05, 0) is 49.7 Å². The number of rotatable bonds is 1. The maximum absolute atomic E-state index is 5.92. The Morgan fingerprint density at radius 1 is 1.24 bits per heavy atom. The molecule has 0 spiro atoms. The van der Waals surface area contributed by atoms with Crippen LogP contribution in [0.25, 0.3) is 0 Å². The smallest absolute Gasteiger partial charge is 0.399 e. The molecular formula is C11H16BBrN2O2. The van der Waals surface area contributed by atoms with E-state index in [0.29, 0.717) is 5.82 Å². The van der Waals surface area contributed by atoms with Crippen molar-refractivity contribution in [3.8, 4) is 0 Å². The Morgan fingerprint density at radius 2 is 1.76 bits per heavy atom. The molecule has 4 nitrogen and oxygen atoms in total. The first-order valence-electron chi connectivity index (χ1n) is 5.49. The van der Waals surface area contributed by atoms with Crippen LogP contribution in [0.4, 0.5) is 5.82 Å². The molecule has 17 heavy (non-hydrogen) atoms. The molecule has 2 heterocycles. The number of pyridine rings is 1. The van der Waals surface area contributed by atoms with Crippen LogP contribution in [-0.2, 0) is 9.31 Å². The van der Waals surface area contributed by atoms with Crippen molar-refractivity contribution in [1.29, 1.82) is 0 Å². The van der Waals surface area contributed by atoms with E-state index in [0.717, 1.165) is 9.94 Å². The number of aromatic nitrogens is 1. The third-order valence-electron chi connectivity index (χ3n) is 3.42. The van der Waals surface area contributed by atoms with Gasteiger partial charge in [0, 0.05) is 16.1 Å². The first-order valence-corrected chi connectivity index (χ1v) is 6.29. The monoisotopic (exact) mass is 298 g/mol. The van der Waals surface area contributed by atoms with Gasteiger partial charge < -0.3 is 15.0 Å². The molecule has 0 unspecified atom stereocenters. The van der Waals surface area contributed by atoms with Gasteiger partial charge in [0.25, 0.3) is 0 Å². The lowest BCUT2D eigenvalue weighted by molar-refractivity contribution is 0.00578. The summed E-state index contributed by atoms with van der Waals surface area (Å²) < 4.78 is 12.7. The molecule has 1 aliphatic rings. The molecule has 0 radical (unpaired) electrons. The highest BCUT2D eigenvalue weighted by atomic mass is 79.9. The predicted octanol–water partition coefficient (Wildman–Crippen LogP) is 1.73. The van der Waals surface area contributed by atoms with Crippen LogP contribution in [0.3, 0.4) is 0 Å². The lowest BCUT2D eigenvalue weighted by Gasteiger charge is -2.32. The number of nitrogens with zero attached hydrogens (tertiary/aromatic N) is 1. The highest BCUT2D eigenvalue weighted by Crippen LogP contribution is 2.36. The van der Waals surface area contributed by atoms with Gasteiger partial charge >= 0.3 is 7.12 Å². The van der Waals surface area contributed by atoms with E-state index in [9.17, 15) is 0 Å². The second-order valence-corrected chi connectivity index (χ2v) is 6.13. The summed E-state index contributed by atoms with van der Waals surface area (Å²) in [5.41, 5.74) is 5.88. The topological polar surface area (TPSA) is 57.4 Å². The lowest BCUT2D eigenvalue weighted by Crippen LogP contribution is -2.41. The normalized spacial score (nSPS) is 21.8. The fraction of sp³-hybridized carbons (Fsp3) is 0.545. The van der Waals surface area contributed by atoms with Gasteiger partial charge in [-0.15, -0.1) is 0 Å². The summed E-state index contributed by atoms with van der Waals surface area (Å²) in [5, 5.41) is 0. The Hall–Kier alpha value is -0.585. The van der Waals surface area contributed by atoms with Crippen molar-refractivity contribution >= 4 is 34.3 Å². The maximum Gasteiger partial charge on any atom is 0.498 e. The van der Waals surface area contributed by atoms with Crippen LogP contribution in [-0.4, -0.2) is 23.3 Å². The second-order valence-electron chi connectivity index (χ2n) is 5.22. The minimum absolute atomic E-state index is 0.369. The van der Waals surface area contributed by atoms with Crippen LogP contribution in [0.15, 0.2) is 16.7 Å². The molecule has 0 aliphatic carbocycles. The summed E-state index contributed by atoms with van der Waals surface area (Å²) in [4.78, 5) is 4.09. The maximum atomic E-state index is 5.92. The molecule has 0 saturated carbocycles. The van der Waals surface area contributed by atoms with Gasteiger partial charge in [0.15, 0.2) is 0 Å². The Balaban J connectivity index is 2.35. The Morgan fingerprint density at radius 3 is 2.29 bits per heavy atom. The molecule has 1 aliphatic heterocycles. The molecule has 0 amide bonds. The Labute approximate surface area is 110 Å². The van der Waals surface area contributed by atoms with E-state index in [1.54, 1.807) is 6.20 Å². The SMILES string of the molecule is CC1(C)OB(c2cc(Br)cnc2N)OC1(C)C. The van der Waals surface area contributed by atoms with Crippen LogP contribution >= 0.6 is 15.9 Å². The van der Waals surface area contributed by atoms with Gasteiger partial charge in [-0.1, -0.05) is 0 Å². The number of nitrogens with two attached hydrogens (primary N) is 1. The minimum atomic E-state index is -0.468. The van der Waals surface area contributed by atoms with Crippen molar-refractivity contribution in [1.82, 2.24) is 4.98 Å². The molecule has 6 heteroatoms. The van der Waals surface area contributed by atoms with E-state index in [4.69, 9.17) is 15.0 Å². The number of anilines is 1. The van der Waals surface area contributed by atoms with Crippen molar-refractivity contribution in [2.24, 2.45) is 0 Å². The molecule has 0 atom stereocenters. The van der Waals surface area contributed by atoms with E-state index in [1.807, 2.05) is 33.8 Å². The molecule has 1 saturated heterocycles.